The molecule has 1 aliphatic heterocycles. The van der Waals surface area contributed by atoms with Crippen molar-refractivity contribution in [2.45, 2.75) is 32.6 Å². The lowest BCUT2D eigenvalue weighted by Crippen LogP contribution is -2.38. The van der Waals surface area contributed by atoms with Crippen molar-refractivity contribution in [3.05, 3.63) is 53.4 Å². The SMILES string of the molecule is Cc1noc(C2CCN(C(=O)c3c(-c4ccccc4)noc3C)CC2)n1. The van der Waals surface area contributed by atoms with Crippen LogP contribution in [0.2, 0.25) is 0 Å². The predicted octanol–water partition coefficient (Wildman–Crippen LogP) is 3.36. The van der Waals surface area contributed by atoms with Crippen LogP contribution in [0.4, 0.5) is 0 Å². The molecule has 1 aliphatic rings. The van der Waals surface area contributed by atoms with Gasteiger partial charge in [0.1, 0.15) is 17.0 Å². The zero-order valence-corrected chi connectivity index (χ0v) is 14.8. The van der Waals surface area contributed by atoms with Crippen molar-refractivity contribution in [2.75, 3.05) is 13.1 Å². The molecule has 0 radical (unpaired) electrons. The zero-order valence-electron chi connectivity index (χ0n) is 14.8. The fraction of sp³-hybridized carbons (Fsp3) is 0.368. The van der Waals surface area contributed by atoms with Crippen LogP contribution >= 0.6 is 0 Å². The van der Waals surface area contributed by atoms with Gasteiger partial charge >= 0.3 is 0 Å². The van der Waals surface area contributed by atoms with E-state index in [4.69, 9.17) is 9.05 Å². The van der Waals surface area contributed by atoms with E-state index in [0.29, 0.717) is 41.8 Å². The molecule has 7 nitrogen and oxygen atoms in total. The number of carbonyl (C=O) groups is 1. The summed E-state index contributed by atoms with van der Waals surface area (Å²) in [4.78, 5) is 19.3. The fourth-order valence-corrected chi connectivity index (χ4v) is 3.38. The average molecular weight is 352 g/mol. The number of rotatable bonds is 3. The third-order valence-corrected chi connectivity index (χ3v) is 4.80. The van der Waals surface area contributed by atoms with Gasteiger partial charge in [0.15, 0.2) is 5.82 Å². The van der Waals surface area contributed by atoms with E-state index >= 15 is 0 Å². The maximum atomic E-state index is 13.1. The van der Waals surface area contributed by atoms with Gasteiger partial charge in [-0.2, -0.15) is 4.98 Å². The average Bonchev–Trinajstić information content (AvgIpc) is 3.28. The van der Waals surface area contributed by atoms with Crippen molar-refractivity contribution in [2.24, 2.45) is 0 Å². The van der Waals surface area contributed by atoms with Crippen LogP contribution < -0.4 is 0 Å². The van der Waals surface area contributed by atoms with Crippen molar-refractivity contribution in [3.63, 3.8) is 0 Å². The molecule has 1 amide bonds. The van der Waals surface area contributed by atoms with Gasteiger partial charge in [-0.3, -0.25) is 4.79 Å². The summed E-state index contributed by atoms with van der Waals surface area (Å²) in [5.74, 6) is 2.02. The Balaban J connectivity index is 1.52. The summed E-state index contributed by atoms with van der Waals surface area (Å²) < 4.78 is 10.6. The second-order valence-electron chi connectivity index (χ2n) is 6.57. The van der Waals surface area contributed by atoms with E-state index in [-0.39, 0.29) is 11.8 Å². The molecule has 3 aromatic rings. The Morgan fingerprint density at radius 3 is 2.46 bits per heavy atom. The van der Waals surface area contributed by atoms with Gasteiger partial charge in [0.05, 0.1) is 0 Å². The first-order valence-electron chi connectivity index (χ1n) is 8.74. The van der Waals surface area contributed by atoms with Crippen LogP contribution in [0.25, 0.3) is 11.3 Å². The number of amides is 1. The summed E-state index contributed by atoms with van der Waals surface area (Å²) in [5.41, 5.74) is 2.02. The number of aryl methyl sites for hydroxylation is 2. The number of carbonyl (C=O) groups excluding carboxylic acids is 1. The molecule has 134 valence electrons. The molecule has 4 rings (SSSR count). The first-order valence-corrected chi connectivity index (χ1v) is 8.74. The third kappa shape index (κ3) is 3.00. The van der Waals surface area contributed by atoms with E-state index in [9.17, 15) is 4.79 Å². The molecule has 7 heteroatoms. The van der Waals surface area contributed by atoms with E-state index in [1.165, 1.54) is 0 Å². The predicted molar refractivity (Wildman–Crippen MR) is 93.6 cm³/mol. The second kappa shape index (κ2) is 6.74. The molecule has 1 fully saturated rings. The van der Waals surface area contributed by atoms with Crippen LogP contribution in [0.15, 0.2) is 39.4 Å². The maximum absolute atomic E-state index is 13.1. The van der Waals surface area contributed by atoms with Gasteiger partial charge in [-0.25, -0.2) is 0 Å². The molecule has 26 heavy (non-hydrogen) atoms. The van der Waals surface area contributed by atoms with Crippen LogP contribution in [0.5, 0.6) is 0 Å². The number of aromatic nitrogens is 3. The number of piperidine rings is 1. The molecule has 0 aliphatic carbocycles. The monoisotopic (exact) mass is 352 g/mol. The van der Waals surface area contributed by atoms with Gasteiger partial charge in [0.25, 0.3) is 5.91 Å². The minimum atomic E-state index is -0.0391. The van der Waals surface area contributed by atoms with Crippen molar-refractivity contribution >= 4 is 5.91 Å². The number of nitrogens with zero attached hydrogens (tertiary/aromatic N) is 4. The molecule has 0 N–H and O–H groups in total. The molecule has 3 heterocycles. The highest BCUT2D eigenvalue weighted by Gasteiger charge is 2.31. The maximum Gasteiger partial charge on any atom is 0.259 e. The quantitative estimate of drug-likeness (QED) is 0.718. The number of benzene rings is 1. The van der Waals surface area contributed by atoms with Crippen LogP contribution in [-0.2, 0) is 0 Å². The smallest absolute Gasteiger partial charge is 0.259 e. The summed E-state index contributed by atoms with van der Waals surface area (Å²) >= 11 is 0. The van der Waals surface area contributed by atoms with Crippen LogP contribution in [0, 0.1) is 13.8 Å². The van der Waals surface area contributed by atoms with Gasteiger partial charge in [-0.15, -0.1) is 0 Å². The Hall–Kier alpha value is -2.96. The summed E-state index contributed by atoms with van der Waals surface area (Å²) in [6.45, 7) is 4.87. The van der Waals surface area contributed by atoms with Gasteiger partial charge in [0, 0.05) is 24.6 Å². The van der Waals surface area contributed by atoms with E-state index < -0.39 is 0 Å². The third-order valence-electron chi connectivity index (χ3n) is 4.80. The molecular formula is C19H20N4O3. The molecule has 0 atom stereocenters. The summed E-state index contributed by atoms with van der Waals surface area (Å²) in [7, 11) is 0. The van der Waals surface area contributed by atoms with Crippen molar-refractivity contribution < 1.29 is 13.8 Å². The Labute approximate surface area is 151 Å². The van der Waals surface area contributed by atoms with E-state index in [2.05, 4.69) is 15.3 Å². The topological polar surface area (TPSA) is 85.3 Å². The number of hydrogen-bond donors (Lipinski definition) is 0. The van der Waals surface area contributed by atoms with E-state index in [0.717, 1.165) is 18.4 Å². The molecule has 0 spiro atoms. The molecule has 1 saturated heterocycles. The lowest BCUT2D eigenvalue weighted by molar-refractivity contribution is 0.0703. The molecular weight excluding hydrogens is 332 g/mol. The lowest BCUT2D eigenvalue weighted by Gasteiger charge is -2.30. The Morgan fingerprint density at radius 1 is 1.08 bits per heavy atom. The fourth-order valence-electron chi connectivity index (χ4n) is 3.38. The number of hydrogen-bond acceptors (Lipinski definition) is 6. The summed E-state index contributed by atoms with van der Waals surface area (Å²) in [6.07, 6.45) is 1.61. The molecule has 0 unspecified atom stereocenters. The largest absolute Gasteiger partial charge is 0.360 e. The molecule has 1 aromatic carbocycles. The van der Waals surface area contributed by atoms with Gasteiger partial charge < -0.3 is 13.9 Å². The van der Waals surface area contributed by atoms with Crippen LogP contribution in [0.1, 0.15) is 46.6 Å². The summed E-state index contributed by atoms with van der Waals surface area (Å²) in [5, 5.41) is 7.97. The Kier molecular flexibility index (Phi) is 4.28. The highest BCUT2D eigenvalue weighted by Crippen LogP contribution is 2.30. The zero-order chi connectivity index (χ0) is 18.1. The highest BCUT2D eigenvalue weighted by molar-refractivity contribution is 6.00. The first kappa shape index (κ1) is 16.5. The van der Waals surface area contributed by atoms with Crippen molar-refractivity contribution in [3.8, 4) is 11.3 Å². The van der Waals surface area contributed by atoms with Crippen molar-refractivity contribution in [1.82, 2.24) is 20.2 Å². The lowest BCUT2D eigenvalue weighted by atomic mass is 9.95. The Morgan fingerprint density at radius 2 is 1.81 bits per heavy atom. The summed E-state index contributed by atoms with van der Waals surface area (Å²) in [6, 6.07) is 9.63. The molecule has 0 saturated carbocycles. The first-order chi connectivity index (χ1) is 12.6. The minimum Gasteiger partial charge on any atom is -0.360 e. The van der Waals surface area contributed by atoms with Gasteiger partial charge in [0.2, 0.25) is 5.89 Å². The van der Waals surface area contributed by atoms with Crippen LogP contribution in [-0.4, -0.2) is 39.2 Å². The highest BCUT2D eigenvalue weighted by atomic mass is 16.5. The normalized spacial score (nSPS) is 15.4. The van der Waals surface area contributed by atoms with Gasteiger partial charge in [-0.05, 0) is 26.7 Å². The van der Waals surface area contributed by atoms with E-state index in [1.807, 2.05) is 42.2 Å². The Bertz CT molecular complexity index is 908. The van der Waals surface area contributed by atoms with Crippen molar-refractivity contribution in [1.29, 1.82) is 0 Å². The number of likely N-dealkylation sites (tertiary alicyclic amines) is 1. The molecule has 0 bridgehead atoms. The standard InChI is InChI=1S/C19H20N4O3/c1-12-16(17(22-25-12)14-6-4-3-5-7-14)19(24)23-10-8-15(9-11-23)18-20-13(2)21-26-18/h3-7,15H,8-11H2,1-2H3. The minimum absolute atomic E-state index is 0.0391. The molecule has 2 aromatic heterocycles. The van der Waals surface area contributed by atoms with E-state index in [1.54, 1.807) is 6.92 Å². The van der Waals surface area contributed by atoms with Crippen LogP contribution in [0.3, 0.4) is 0 Å². The second-order valence-corrected chi connectivity index (χ2v) is 6.57. The van der Waals surface area contributed by atoms with Gasteiger partial charge in [-0.1, -0.05) is 40.6 Å².